The molecule has 2 rings (SSSR count). The normalized spacial score (nSPS) is 10.8. The van der Waals surface area contributed by atoms with E-state index in [9.17, 15) is 0 Å². The maximum absolute atomic E-state index is 5.40. The van der Waals surface area contributed by atoms with E-state index in [2.05, 4.69) is 26.2 Å². The Morgan fingerprint density at radius 3 is 3.00 bits per heavy atom. The molecule has 0 aliphatic heterocycles. The van der Waals surface area contributed by atoms with Crippen LogP contribution in [-0.4, -0.2) is 11.5 Å². The third-order valence-corrected chi connectivity index (χ3v) is 2.41. The Bertz CT molecular complexity index is 436. The SMILES string of the molecule is CCNCc1ncoc1-c1ccc(Br)o1. The summed E-state index contributed by atoms with van der Waals surface area (Å²) in [6, 6.07) is 3.68. The third kappa shape index (κ3) is 2.30. The Morgan fingerprint density at radius 2 is 2.33 bits per heavy atom. The second-order valence-electron chi connectivity index (χ2n) is 3.01. The summed E-state index contributed by atoms with van der Waals surface area (Å²) in [6.07, 6.45) is 1.43. The predicted molar refractivity (Wildman–Crippen MR) is 59.3 cm³/mol. The monoisotopic (exact) mass is 270 g/mol. The van der Waals surface area contributed by atoms with Crippen LogP contribution in [0.5, 0.6) is 0 Å². The van der Waals surface area contributed by atoms with Gasteiger partial charge in [-0.25, -0.2) is 4.98 Å². The Labute approximate surface area is 95.8 Å². The molecule has 0 bridgehead atoms. The Hall–Kier alpha value is -1.07. The lowest BCUT2D eigenvalue weighted by Crippen LogP contribution is -2.12. The molecule has 0 amide bonds. The van der Waals surface area contributed by atoms with Crippen molar-refractivity contribution >= 4 is 15.9 Å². The molecule has 0 aliphatic carbocycles. The van der Waals surface area contributed by atoms with E-state index in [4.69, 9.17) is 8.83 Å². The predicted octanol–water partition coefficient (Wildman–Crippen LogP) is 2.81. The summed E-state index contributed by atoms with van der Waals surface area (Å²) in [5.74, 6) is 1.37. The molecule has 0 saturated heterocycles. The molecule has 0 radical (unpaired) electrons. The summed E-state index contributed by atoms with van der Waals surface area (Å²) < 4.78 is 11.4. The third-order valence-electron chi connectivity index (χ3n) is 1.98. The van der Waals surface area contributed by atoms with Crippen molar-refractivity contribution in [1.29, 1.82) is 0 Å². The highest BCUT2D eigenvalue weighted by Gasteiger charge is 2.13. The zero-order chi connectivity index (χ0) is 10.7. The molecule has 80 valence electrons. The van der Waals surface area contributed by atoms with Gasteiger partial charge in [-0.2, -0.15) is 0 Å². The number of rotatable bonds is 4. The molecule has 5 heteroatoms. The molecule has 2 aromatic rings. The van der Waals surface area contributed by atoms with Gasteiger partial charge in [-0.15, -0.1) is 0 Å². The van der Waals surface area contributed by atoms with Gasteiger partial charge in [0.15, 0.2) is 22.6 Å². The number of halogens is 1. The first-order valence-corrected chi connectivity index (χ1v) is 5.49. The molecule has 0 fully saturated rings. The van der Waals surface area contributed by atoms with E-state index >= 15 is 0 Å². The minimum Gasteiger partial charge on any atom is -0.446 e. The standard InChI is InChI=1S/C10H11BrN2O2/c1-2-12-5-7-10(14-6-13-7)8-3-4-9(11)15-8/h3-4,6,12H,2,5H2,1H3. The van der Waals surface area contributed by atoms with Gasteiger partial charge in [-0.1, -0.05) is 6.92 Å². The number of nitrogens with zero attached hydrogens (tertiary/aromatic N) is 1. The van der Waals surface area contributed by atoms with Gasteiger partial charge in [-0.3, -0.25) is 0 Å². The lowest BCUT2D eigenvalue weighted by atomic mass is 10.3. The van der Waals surface area contributed by atoms with Gasteiger partial charge in [0.2, 0.25) is 0 Å². The van der Waals surface area contributed by atoms with Gasteiger partial charge in [-0.05, 0) is 34.6 Å². The highest BCUT2D eigenvalue weighted by Crippen LogP contribution is 2.27. The zero-order valence-corrected chi connectivity index (χ0v) is 9.87. The topological polar surface area (TPSA) is 51.2 Å². The molecule has 0 spiro atoms. The molecule has 0 aliphatic rings. The Kier molecular flexibility index (Phi) is 3.23. The highest BCUT2D eigenvalue weighted by molar-refractivity contribution is 9.10. The Balaban J connectivity index is 2.24. The number of oxazole rings is 1. The van der Waals surface area contributed by atoms with Crippen LogP contribution >= 0.6 is 15.9 Å². The molecule has 0 aromatic carbocycles. The average Bonchev–Trinajstić information content (AvgIpc) is 2.82. The van der Waals surface area contributed by atoms with Crippen molar-refractivity contribution in [2.45, 2.75) is 13.5 Å². The molecule has 15 heavy (non-hydrogen) atoms. The van der Waals surface area contributed by atoms with Gasteiger partial charge in [0.05, 0.1) is 0 Å². The molecule has 0 unspecified atom stereocenters. The second-order valence-corrected chi connectivity index (χ2v) is 3.79. The molecule has 0 saturated carbocycles. The summed E-state index contributed by atoms with van der Waals surface area (Å²) >= 11 is 3.25. The first kappa shape index (κ1) is 10.4. The van der Waals surface area contributed by atoms with E-state index in [1.807, 2.05) is 19.1 Å². The number of aromatic nitrogens is 1. The van der Waals surface area contributed by atoms with Crippen LogP contribution in [0.4, 0.5) is 0 Å². The summed E-state index contributed by atoms with van der Waals surface area (Å²) in [7, 11) is 0. The van der Waals surface area contributed by atoms with Crippen molar-refractivity contribution in [1.82, 2.24) is 10.3 Å². The molecule has 2 heterocycles. The van der Waals surface area contributed by atoms with Crippen LogP contribution in [0, 0.1) is 0 Å². The fourth-order valence-corrected chi connectivity index (χ4v) is 1.58. The van der Waals surface area contributed by atoms with Gasteiger partial charge in [0.1, 0.15) is 5.69 Å². The smallest absolute Gasteiger partial charge is 0.194 e. The first-order valence-electron chi connectivity index (χ1n) is 4.70. The first-order chi connectivity index (χ1) is 7.31. The van der Waals surface area contributed by atoms with E-state index in [0.717, 1.165) is 12.2 Å². The largest absolute Gasteiger partial charge is 0.446 e. The fraction of sp³-hybridized carbons (Fsp3) is 0.300. The van der Waals surface area contributed by atoms with Gasteiger partial charge < -0.3 is 14.2 Å². The molecular weight excluding hydrogens is 260 g/mol. The lowest BCUT2D eigenvalue weighted by molar-refractivity contribution is 0.506. The van der Waals surface area contributed by atoms with Gasteiger partial charge >= 0.3 is 0 Å². The van der Waals surface area contributed by atoms with Gasteiger partial charge in [0.25, 0.3) is 0 Å². The van der Waals surface area contributed by atoms with E-state index in [-0.39, 0.29) is 0 Å². The van der Waals surface area contributed by atoms with Crippen LogP contribution in [0.1, 0.15) is 12.6 Å². The summed E-state index contributed by atoms with van der Waals surface area (Å²) in [5.41, 5.74) is 0.860. The molecular formula is C10H11BrN2O2. The van der Waals surface area contributed by atoms with Gasteiger partial charge in [0, 0.05) is 6.54 Å². The van der Waals surface area contributed by atoms with Crippen molar-refractivity contribution in [2.75, 3.05) is 6.54 Å². The summed E-state index contributed by atoms with van der Waals surface area (Å²) in [5, 5.41) is 3.19. The van der Waals surface area contributed by atoms with Crippen molar-refractivity contribution in [2.24, 2.45) is 0 Å². The summed E-state index contributed by atoms with van der Waals surface area (Å²) in [6.45, 7) is 3.62. The van der Waals surface area contributed by atoms with Crippen molar-refractivity contribution in [3.05, 3.63) is 28.9 Å². The van der Waals surface area contributed by atoms with Crippen molar-refractivity contribution < 1.29 is 8.83 Å². The minimum absolute atomic E-state index is 0.681. The quantitative estimate of drug-likeness (QED) is 0.928. The average molecular weight is 271 g/mol. The van der Waals surface area contributed by atoms with Crippen molar-refractivity contribution in [3.63, 3.8) is 0 Å². The van der Waals surface area contributed by atoms with Crippen LogP contribution in [0.25, 0.3) is 11.5 Å². The molecule has 2 aromatic heterocycles. The van der Waals surface area contributed by atoms with Crippen LogP contribution in [0.2, 0.25) is 0 Å². The van der Waals surface area contributed by atoms with E-state index in [1.54, 1.807) is 0 Å². The molecule has 4 nitrogen and oxygen atoms in total. The molecule has 0 atom stereocenters. The van der Waals surface area contributed by atoms with Crippen LogP contribution < -0.4 is 5.32 Å². The second kappa shape index (κ2) is 4.63. The van der Waals surface area contributed by atoms with E-state index in [1.165, 1.54) is 6.39 Å². The fourth-order valence-electron chi connectivity index (χ4n) is 1.28. The van der Waals surface area contributed by atoms with E-state index < -0.39 is 0 Å². The maximum atomic E-state index is 5.40. The lowest BCUT2D eigenvalue weighted by Gasteiger charge is -1.98. The van der Waals surface area contributed by atoms with Crippen LogP contribution in [-0.2, 0) is 6.54 Å². The number of hydrogen-bond acceptors (Lipinski definition) is 4. The number of hydrogen-bond donors (Lipinski definition) is 1. The minimum atomic E-state index is 0.681. The summed E-state index contributed by atoms with van der Waals surface area (Å²) in [4.78, 5) is 4.13. The van der Waals surface area contributed by atoms with E-state index in [0.29, 0.717) is 22.7 Å². The highest BCUT2D eigenvalue weighted by atomic mass is 79.9. The molecule has 1 N–H and O–H groups in total. The Morgan fingerprint density at radius 1 is 1.47 bits per heavy atom. The van der Waals surface area contributed by atoms with Crippen LogP contribution in [0.3, 0.4) is 0 Å². The zero-order valence-electron chi connectivity index (χ0n) is 8.29. The van der Waals surface area contributed by atoms with Crippen LogP contribution in [0.15, 0.2) is 32.0 Å². The maximum Gasteiger partial charge on any atom is 0.194 e. The number of nitrogens with one attached hydrogen (secondary N) is 1. The number of furan rings is 1. The van der Waals surface area contributed by atoms with Crippen molar-refractivity contribution in [3.8, 4) is 11.5 Å².